The average Bonchev–Trinajstić information content (AvgIpc) is 3.24. The van der Waals surface area contributed by atoms with E-state index < -0.39 is 0 Å². The molecule has 1 aliphatic carbocycles. The number of halogens is 2. The summed E-state index contributed by atoms with van der Waals surface area (Å²) in [5.41, 5.74) is 6.45. The summed E-state index contributed by atoms with van der Waals surface area (Å²) in [5.74, 6) is -0.179. The van der Waals surface area contributed by atoms with Crippen molar-refractivity contribution in [3.8, 4) is 0 Å². The smallest absolute Gasteiger partial charge is 0.251 e. The zero-order valence-electron chi connectivity index (χ0n) is 11.5. The molecule has 0 heterocycles. The van der Waals surface area contributed by atoms with Crippen LogP contribution >= 0.6 is 23.2 Å². The molecular formula is C14H19Cl2N3O. The average molecular weight is 316 g/mol. The lowest BCUT2D eigenvalue weighted by molar-refractivity contribution is 0.0948. The maximum atomic E-state index is 12.0. The minimum atomic E-state index is -0.179. The summed E-state index contributed by atoms with van der Waals surface area (Å²) >= 11 is 11.8. The third-order valence-electron chi connectivity index (χ3n) is 3.47. The third-order valence-corrected chi connectivity index (χ3v) is 4.29. The highest BCUT2D eigenvalue weighted by Gasteiger charge is 2.27. The van der Waals surface area contributed by atoms with Crippen molar-refractivity contribution < 1.29 is 4.79 Å². The Morgan fingerprint density at radius 1 is 1.45 bits per heavy atom. The number of rotatable bonds is 6. The van der Waals surface area contributed by atoms with Crippen LogP contribution in [0.2, 0.25) is 10.0 Å². The van der Waals surface area contributed by atoms with Gasteiger partial charge in [-0.2, -0.15) is 0 Å². The summed E-state index contributed by atoms with van der Waals surface area (Å²) in [7, 11) is 0. The fraction of sp³-hybridized carbons (Fsp3) is 0.500. The first-order chi connectivity index (χ1) is 9.52. The summed E-state index contributed by atoms with van der Waals surface area (Å²) in [6, 6.07) is 3.79. The molecule has 1 aromatic rings. The molecule has 0 bridgehead atoms. The molecule has 1 aromatic carbocycles. The molecule has 1 fully saturated rings. The van der Waals surface area contributed by atoms with Crippen LogP contribution in [0.15, 0.2) is 12.1 Å². The number of carbonyl (C=O) groups excluding carboxylic acids is 1. The molecule has 20 heavy (non-hydrogen) atoms. The highest BCUT2D eigenvalue weighted by molar-refractivity contribution is 6.43. The summed E-state index contributed by atoms with van der Waals surface area (Å²) in [6.07, 6.45) is 2.54. The zero-order valence-corrected chi connectivity index (χ0v) is 13.0. The number of nitrogen functional groups attached to an aromatic ring is 1. The van der Waals surface area contributed by atoms with Crippen molar-refractivity contribution in [1.29, 1.82) is 0 Å². The SMILES string of the molecule is CCN(CCNC(=O)c1cc(N)c(Cl)c(Cl)c1)C1CC1. The van der Waals surface area contributed by atoms with Gasteiger partial charge in [0, 0.05) is 24.7 Å². The molecular weight excluding hydrogens is 297 g/mol. The lowest BCUT2D eigenvalue weighted by Crippen LogP contribution is -2.36. The number of carbonyl (C=O) groups is 1. The van der Waals surface area contributed by atoms with Crippen LogP contribution in [0.4, 0.5) is 5.69 Å². The molecule has 0 aromatic heterocycles. The van der Waals surface area contributed by atoms with Gasteiger partial charge in [-0.25, -0.2) is 0 Å². The van der Waals surface area contributed by atoms with Crippen LogP contribution in [0.3, 0.4) is 0 Å². The Kier molecular flexibility index (Phi) is 5.13. The van der Waals surface area contributed by atoms with Crippen LogP contribution < -0.4 is 11.1 Å². The standard InChI is InChI=1S/C14H19Cl2N3O/c1-2-19(10-3-4-10)6-5-18-14(20)9-7-11(15)13(16)12(17)8-9/h7-8,10H,2-6,17H2,1H3,(H,18,20). The zero-order chi connectivity index (χ0) is 14.7. The van der Waals surface area contributed by atoms with E-state index in [1.807, 2.05) is 0 Å². The van der Waals surface area contributed by atoms with Crippen LogP contribution in [0.1, 0.15) is 30.1 Å². The normalized spacial score (nSPS) is 14.6. The Bertz CT molecular complexity index is 480. The number of amides is 1. The largest absolute Gasteiger partial charge is 0.397 e. The van der Waals surface area contributed by atoms with Crippen LogP contribution in [0, 0.1) is 0 Å². The fourth-order valence-electron chi connectivity index (χ4n) is 2.20. The van der Waals surface area contributed by atoms with Crippen molar-refractivity contribution in [3.63, 3.8) is 0 Å². The van der Waals surface area contributed by atoms with E-state index in [2.05, 4.69) is 17.1 Å². The van der Waals surface area contributed by atoms with Gasteiger partial charge in [0.1, 0.15) is 0 Å². The van der Waals surface area contributed by atoms with Gasteiger partial charge in [0.05, 0.1) is 15.7 Å². The minimum absolute atomic E-state index is 0.179. The van der Waals surface area contributed by atoms with Gasteiger partial charge in [-0.1, -0.05) is 30.1 Å². The quantitative estimate of drug-likeness (QED) is 0.794. The Hall–Kier alpha value is -0.970. The van der Waals surface area contributed by atoms with Crippen LogP contribution in [-0.2, 0) is 0 Å². The van der Waals surface area contributed by atoms with Gasteiger partial charge in [-0.05, 0) is 31.5 Å². The van der Waals surface area contributed by atoms with E-state index in [0.717, 1.165) is 13.1 Å². The molecule has 0 saturated heterocycles. The first-order valence-corrected chi connectivity index (χ1v) is 7.55. The second-order valence-electron chi connectivity index (χ2n) is 4.98. The van der Waals surface area contributed by atoms with Crippen molar-refractivity contribution in [2.75, 3.05) is 25.4 Å². The second kappa shape index (κ2) is 6.66. The number of nitrogens with two attached hydrogens (primary N) is 1. The summed E-state index contributed by atoms with van der Waals surface area (Å²) in [5, 5.41) is 3.46. The summed E-state index contributed by atoms with van der Waals surface area (Å²) in [6.45, 7) is 4.63. The maximum Gasteiger partial charge on any atom is 0.251 e. The van der Waals surface area contributed by atoms with E-state index in [1.165, 1.54) is 18.9 Å². The molecule has 0 unspecified atom stereocenters. The number of anilines is 1. The number of nitrogens with zero attached hydrogens (tertiary/aromatic N) is 1. The topological polar surface area (TPSA) is 58.4 Å². The van der Waals surface area contributed by atoms with Gasteiger partial charge >= 0.3 is 0 Å². The monoisotopic (exact) mass is 315 g/mol. The molecule has 1 amide bonds. The number of benzene rings is 1. The van der Waals surface area contributed by atoms with Gasteiger partial charge < -0.3 is 11.1 Å². The Morgan fingerprint density at radius 3 is 2.70 bits per heavy atom. The van der Waals surface area contributed by atoms with Gasteiger partial charge in [0.25, 0.3) is 5.91 Å². The van der Waals surface area contributed by atoms with E-state index >= 15 is 0 Å². The molecule has 0 aliphatic heterocycles. The number of nitrogens with one attached hydrogen (secondary N) is 1. The van der Waals surface area contributed by atoms with Crippen LogP contribution in [0.25, 0.3) is 0 Å². The molecule has 1 aliphatic rings. The Balaban J connectivity index is 1.88. The summed E-state index contributed by atoms with van der Waals surface area (Å²) < 4.78 is 0. The van der Waals surface area contributed by atoms with E-state index in [0.29, 0.717) is 28.9 Å². The maximum absolute atomic E-state index is 12.0. The molecule has 6 heteroatoms. The molecule has 0 radical (unpaired) electrons. The fourth-order valence-corrected chi connectivity index (χ4v) is 2.53. The van der Waals surface area contributed by atoms with Crippen molar-refractivity contribution in [2.45, 2.75) is 25.8 Å². The highest BCUT2D eigenvalue weighted by atomic mass is 35.5. The predicted octanol–water partition coefficient (Wildman–Crippen LogP) is 2.79. The van der Waals surface area contributed by atoms with Crippen molar-refractivity contribution in [1.82, 2.24) is 10.2 Å². The molecule has 4 nitrogen and oxygen atoms in total. The molecule has 0 spiro atoms. The minimum Gasteiger partial charge on any atom is -0.397 e. The van der Waals surface area contributed by atoms with Gasteiger partial charge in [-0.3, -0.25) is 9.69 Å². The van der Waals surface area contributed by atoms with E-state index in [-0.39, 0.29) is 10.9 Å². The van der Waals surface area contributed by atoms with Crippen LogP contribution in [0.5, 0.6) is 0 Å². The Morgan fingerprint density at radius 2 is 2.15 bits per heavy atom. The first kappa shape index (κ1) is 15.4. The van der Waals surface area contributed by atoms with E-state index in [1.54, 1.807) is 6.07 Å². The highest BCUT2D eigenvalue weighted by Crippen LogP contribution is 2.29. The van der Waals surface area contributed by atoms with Crippen molar-refractivity contribution in [2.24, 2.45) is 0 Å². The van der Waals surface area contributed by atoms with Gasteiger partial charge in [-0.15, -0.1) is 0 Å². The van der Waals surface area contributed by atoms with Crippen LogP contribution in [-0.4, -0.2) is 36.5 Å². The first-order valence-electron chi connectivity index (χ1n) is 6.79. The van der Waals surface area contributed by atoms with E-state index in [9.17, 15) is 4.79 Å². The van der Waals surface area contributed by atoms with Crippen molar-refractivity contribution in [3.05, 3.63) is 27.7 Å². The molecule has 110 valence electrons. The lowest BCUT2D eigenvalue weighted by atomic mass is 10.2. The van der Waals surface area contributed by atoms with E-state index in [4.69, 9.17) is 28.9 Å². The van der Waals surface area contributed by atoms with Crippen molar-refractivity contribution >= 4 is 34.8 Å². The Labute approximate surface area is 129 Å². The van der Waals surface area contributed by atoms with Gasteiger partial charge in [0.15, 0.2) is 0 Å². The molecule has 2 rings (SSSR count). The summed E-state index contributed by atoms with van der Waals surface area (Å²) in [4.78, 5) is 14.4. The van der Waals surface area contributed by atoms with Gasteiger partial charge in [0.2, 0.25) is 0 Å². The lowest BCUT2D eigenvalue weighted by Gasteiger charge is -2.19. The number of hydrogen-bond acceptors (Lipinski definition) is 3. The predicted molar refractivity (Wildman–Crippen MR) is 83.5 cm³/mol. The third kappa shape index (κ3) is 3.78. The second-order valence-corrected chi connectivity index (χ2v) is 5.76. The number of likely N-dealkylation sites (N-methyl/N-ethyl adjacent to an activating group) is 1. The number of hydrogen-bond donors (Lipinski definition) is 2. The molecule has 3 N–H and O–H groups in total. The molecule has 0 atom stereocenters. The molecule has 1 saturated carbocycles.